The summed E-state index contributed by atoms with van der Waals surface area (Å²) in [4.78, 5) is 11.1. The van der Waals surface area contributed by atoms with E-state index in [1.807, 2.05) is 0 Å². The molecule has 2 amide bonds. The Morgan fingerprint density at radius 2 is 2.25 bits per heavy atom. The average Bonchev–Trinajstić information content (AvgIpc) is 2.67. The largest absolute Gasteiger partial charge is 0.504 e. The van der Waals surface area contributed by atoms with Gasteiger partial charge in [-0.1, -0.05) is 6.07 Å². The lowest BCUT2D eigenvalue weighted by molar-refractivity contribution is 0.219. The summed E-state index contributed by atoms with van der Waals surface area (Å²) in [6.45, 7) is 1.05. The van der Waals surface area contributed by atoms with Crippen molar-refractivity contribution in [3.8, 4) is 11.5 Å². The summed E-state index contributed by atoms with van der Waals surface area (Å²) < 4.78 is 0. The summed E-state index contributed by atoms with van der Waals surface area (Å²) >= 11 is 0. The molecule has 1 aliphatic rings. The second-order valence-electron chi connectivity index (χ2n) is 3.31. The number of nitrogens with one attached hydrogen (secondary N) is 1. The third-order valence-electron chi connectivity index (χ3n) is 2.22. The fourth-order valence-corrected chi connectivity index (χ4v) is 1.36. The minimum atomic E-state index is -0.268. The highest BCUT2D eigenvalue weighted by molar-refractivity contribution is 5.86. The number of phenols is 2. The Morgan fingerprint density at radius 1 is 1.44 bits per heavy atom. The monoisotopic (exact) mass is 221 g/mol. The van der Waals surface area contributed by atoms with Gasteiger partial charge in [-0.15, -0.1) is 0 Å². The highest BCUT2D eigenvalue weighted by Crippen LogP contribution is 2.26. The van der Waals surface area contributed by atoms with Crippen LogP contribution in [0.4, 0.5) is 4.79 Å². The van der Waals surface area contributed by atoms with Crippen molar-refractivity contribution in [2.24, 2.45) is 5.10 Å². The number of rotatable bonds is 2. The molecule has 1 aliphatic heterocycles. The van der Waals surface area contributed by atoms with E-state index in [4.69, 9.17) is 0 Å². The molecule has 0 spiro atoms. The number of phenolic OH excluding ortho intramolecular Hbond substituents is 2. The summed E-state index contributed by atoms with van der Waals surface area (Å²) in [5, 5.41) is 26.5. The van der Waals surface area contributed by atoms with Gasteiger partial charge in [-0.05, 0) is 12.1 Å². The highest BCUT2D eigenvalue weighted by Gasteiger charge is 2.17. The lowest BCUT2D eigenvalue weighted by atomic mass is 10.2. The molecular formula is C10H11N3O3. The van der Waals surface area contributed by atoms with Gasteiger partial charge in [-0.3, -0.25) is 0 Å². The predicted molar refractivity (Wildman–Crippen MR) is 57.5 cm³/mol. The van der Waals surface area contributed by atoms with Crippen LogP contribution < -0.4 is 5.32 Å². The molecule has 6 heteroatoms. The van der Waals surface area contributed by atoms with Crippen LogP contribution in [0.25, 0.3) is 0 Å². The van der Waals surface area contributed by atoms with Crippen molar-refractivity contribution in [2.45, 2.75) is 0 Å². The predicted octanol–water partition coefficient (Wildman–Crippen LogP) is 0.457. The number of nitrogens with zero attached hydrogens (tertiary/aromatic N) is 2. The maximum Gasteiger partial charge on any atom is 0.337 e. The Hall–Kier alpha value is -2.24. The normalized spacial score (nSPS) is 15.8. The van der Waals surface area contributed by atoms with Gasteiger partial charge < -0.3 is 15.5 Å². The van der Waals surface area contributed by atoms with Gasteiger partial charge in [0.15, 0.2) is 11.5 Å². The first kappa shape index (κ1) is 10.3. The lowest BCUT2D eigenvalue weighted by Gasteiger charge is -2.06. The Labute approximate surface area is 91.8 Å². The molecule has 1 aromatic rings. The molecule has 0 aliphatic carbocycles. The number of urea groups is 1. The van der Waals surface area contributed by atoms with Crippen molar-refractivity contribution in [3.05, 3.63) is 23.8 Å². The van der Waals surface area contributed by atoms with Gasteiger partial charge in [0.1, 0.15) is 0 Å². The van der Waals surface area contributed by atoms with Crippen LogP contribution in [0.2, 0.25) is 0 Å². The van der Waals surface area contributed by atoms with E-state index in [2.05, 4.69) is 10.4 Å². The maximum atomic E-state index is 11.1. The van der Waals surface area contributed by atoms with Gasteiger partial charge in [-0.2, -0.15) is 5.10 Å². The molecule has 0 radical (unpaired) electrons. The molecule has 0 unspecified atom stereocenters. The third-order valence-corrected chi connectivity index (χ3v) is 2.22. The van der Waals surface area contributed by atoms with E-state index in [1.165, 1.54) is 17.3 Å². The molecule has 6 nitrogen and oxygen atoms in total. The summed E-state index contributed by atoms with van der Waals surface area (Å²) in [6.07, 6.45) is 1.33. The molecule has 0 atom stereocenters. The van der Waals surface area contributed by atoms with Crippen molar-refractivity contribution in [1.82, 2.24) is 10.3 Å². The Kier molecular flexibility index (Phi) is 2.63. The smallest absolute Gasteiger partial charge is 0.337 e. The van der Waals surface area contributed by atoms with Crippen molar-refractivity contribution in [3.63, 3.8) is 0 Å². The van der Waals surface area contributed by atoms with E-state index in [1.54, 1.807) is 12.1 Å². The van der Waals surface area contributed by atoms with Gasteiger partial charge in [0, 0.05) is 12.1 Å². The molecule has 1 aromatic carbocycles. The van der Waals surface area contributed by atoms with Crippen LogP contribution in [-0.2, 0) is 0 Å². The Morgan fingerprint density at radius 3 is 2.94 bits per heavy atom. The van der Waals surface area contributed by atoms with E-state index in [0.717, 1.165) is 0 Å². The number of hydrazone groups is 1. The molecular weight excluding hydrogens is 210 g/mol. The molecule has 1 saturated heterocycles. The van der Waals surface area contributed by atoms with Crippen LogP contribution in [0, 0.1) is 0 Å². The van der Waals surface area contributed by atoms with E-state index >= 15 is 0 Å². The topological polar surface area (TPSA) is 85.2 Å². The minimum absolute atomic E-state index is 0.213. The molecule has 3 N–H and O–H groups in total. The van der Waals surface area contributed by atoms with Crippen molar-refractivity contribution >= 4 is 12.2 Å². The van der Waals surface area contributed by atoms with Gasteiger partial charge in [0.25, 0.3) is 0 Å². The van der Waals surface area contributed by atoms with Crippen LogP contribution >= 0.6 is 0 Å². The van der Waals surface area contributed by atoms with Crippen molar-refractivity contribution in [2.75, 3.05) is 13.1 Å². The van der Waals surface area contributed by atoms with Gasteiger partial charge in [-0.25, -0.2) is 9.80 Å². The first-order valence-corrected chi connectivity index (χ1v) is 4.79. The number of para-hydroxylation sites is 1. The van der Waals surface area contributed by atoms with Crippen molar-refractivity contribution in [1.29, 1.82) is 0 Å². The van der Waals surface area contributed by atoms with Gasteiger partial charge in [0.05, 0.1) is 12.8 Å². The fraction of sp³-hybridized carbons (Fsp3) is 0.200. The fourth-order valence-electron chi connectivity index (χ4n) is 1.36. The maximum absolute atomic E-state index is 11.1. The Bertz CT molecular complexity index is 445. The number of benzene rings is 1. The molecule has 16 heavy (non-hydrogen) atoms. The summed E-state index contributed by atoms with van der Waals surface area (Å²) in [7, 11) is 0. The third kappa shape index (κ3) is 1.90. The summed E-state index contributed by atoms with van der Waals surface area (Å²) in [6, 6.07) is 4.28. The zero-order valence-corrected chi connectivity index (χ0v) is 8.42. The zero-order chi connectivity index (χ0) is 11.5. The summed E-state index contributed by atoms with van der Waals surface area (Å²) in [5.74, 6) is -0.458. The molecule has 1 fully saturated rings. The van der Waals surface area contributed by atoms with E-state index in [9.17, 15) is 15.0 Å². The molecule has 0 aromatic heterocycles. The standard InChI is InChI=1S/C10H11N3O3/c14-8-3-1-2-7(9(8)15)6-12-13-5-4-11-10(13)16/h1-3,6,14-15H,4-5H2,(H,11,16)/b12-6+. The first-order valence-electron chi connectivity index (χ1n) is 4.79. The average molecular weight is 221 g/mol. The number of carbonyl (C=O) groups is 1. The summed E-state index contributed by atoms with van der Waals surface area (Å²) in [5.41, 5.74) is 0.361. The van der Waals surface area contributed by atoms with E-state index < -0.39 is 0 Å². The van der Waals surface area contributed by atoms with E-state index in [0.29, 0.717) is 18.7 Å². The quantitative estimate of drug-likeness (QED) is 0.501. The van der Waals surface area contributed by atoms with E-state index in [-0.39, 0.29) is 17.5 Å². The second kappa shape index (κ2) is 4.09. The molecule has 0 saturated carbocycles. The number of carbonyl (C=O) groups excluding carboxylic acids is 1. The van der Waals surface area contributed by atoms with Gasteiger partial charge >= 0.3 is 6.03 Å². The molecule has 1 heterocycles. The number of amides is 2. The zero-order valence-electron chi connectivity index (χ0n) is 8.42. The van der Waals surface area contributed by atoms with Crippen LogP contribution in [0.5, 0.6) is 11.5 Å². The van der Waals surface area contributed by atoms with Crippen molar-refractivity contribution < 1.29 is 15.0 Å². The highest BCUT2D eigenvalue weighted by atomic mass is 16.3. The number of hydrogen-bond acceptors (Lipinski definition) is 4. The molecule has 84 valence electrons. The van der Waals surface area contributed by atoms with Crippen LogP contribution in [-0.4, -0.2) is 40.6 Å². The SMILES string of the molecule is O=C1NCCN1/N=C/c1cccc(O)c1O. The lowest BCUT2D eigenvalue weighted by Crippen LogP contribution is -2.23. The van der Waals surface area contributed by atoms with Crippen LogP contribution in [0.1, 0.15) is 5.56 Å². The number of aromatic hydroxyl groups is 2. The Balaban J connectivity index is 2.17. The first-order chi connectivity index (χ1) is 7.68. The number of hydrogen-bond donors (Lipinski definition) is 3. The minimum Gasteiger partial charge on any atom is -0.504 e. The second-order valence-corrected chi connectivity index (χ2v) is 3.31. The van der Waals surface area contributed by atoms with Gasteiger partial charge in [0.2, 0.25) is 0 Å². The van der Waals surface area contributed by atoms with Crippen LogP contribution in [0.3, 0.4) is 0 Å². The molecule has 2 rings (SSSR count). The van der Waals surface area contributed by atoms with Crippen LogP contribution in [0.15, 0.2) is 23.3 Å². The molecule has 0 bridgehead atoms.